The van der Waals surface area contributed by atoms with Crippen LogP contribution < -0.4 is 16.1 Å². The first-order chi connectivity index (χ1) is 16.4. The lowest BCUT2D eigenvalue weighted by Gasteiger charge is -2.36. The number of rotatable bonds is 6. The van der Waals surface area contributed by atoms with Crippen LogP contribution in [-0.2, 0) is 20.5 Å². The van der Waals surface area contributed by atoms with Crippen molar-refractivity contribution in [1.29, 1.82) is 5.26 Å². The Hall–Kier alpha value is -3.96. The van der Waals surface area contributed by atoms with E-state index in [-0.39, 0.29) is 17.0 Å². The third-order valence-corrected chi connectivity index (χ3v) is 6.41. The summed E-state index contributed by atoms with van der Waals surface area (Å²) in [5.41, 5.74) is 1.92. The third kappa shape index (κ3) is 4.70. The number of benzene rings is 2. The molecule has 0 amide bonds. The van der Waals surface area contributed by atoms with Gasteiger partial charge in [-0.05, 0) is 24.1 Å². The second kappa shape index (κ2) is 9.89. The van der Waals surface area contributed by atoms with E-state index in [9.17, 15) is 19.6 Å². The predicted molar refractivity (Wildman–Crippen MR) is 130 cm³/mol. The number of nitriles is 1. The van der Waals surface area contributed by atoms with Gasteiger partial charge in [0.1, 0.15) is 5.82 Å². The van der Waals surface area contributed by atoms with Gasteiger partial charge in [0.05, 0.1) is 11.6 Å². The van der Waals surface area contributed by atoms with E-state index >= 15 is 0 Å². The molecule has 0 N–H and O–H groups in total. The van der Waals surface area contributed by atoms with E-state index in [1.54, 1.807) is 31.3 Å². The molecule has 0 bridgehead atoms. The van der Waals surface area contributed by atoms with Crippen molar-refractivity contribution in [2.45, 2.75) is 6.42 Å². The highest BCUT2D eigenvalue weighted by molar-refractivity contribution is 6.10. The number of piperazine rings is 1. The van der Waals surface area contributed by atoms with Crippen LogP contribution in [0, 0.1) is 11.3 Å². The van der Waals surface area contributed by atoms with E-state index < -0.39 is 0 Å². The largest absolute Gasteiger partial charge is 0.355 e. The molecule has 8 nitrogen and oxygen atoms in total. The number of hydrogen-bond acceptors (Lipinski definition) is 6. The second-order valence-electron chi connectivity index (χ2n) is 8.50. The monoisotopic (exact) mass is 457 g/mol. The first-order valence-electron chi connectivity index (χ1n) is 11.3. The van der Waals surface area contributed by atoms with Crippen molar-refractivity contribution in [1.82, 2.24) is 14.0 Å². The summed E-state index contributed by atoms with van der Waals surface area (Å²) in [6.45, 7) is 3.72. The molecule has 2 aromatic carbocycles. The molecule has 0 spiro atoms. The fourth-order valence-corrected chi connectivity index (χ4v) is 4.32. The number of aromatic nitrogens is 2. The number of hydrogen-bond donors (Lipinski definition) is 0. The van der Waals surface area contributed by atoms with Gasteiger partial charge in [0.25, 0.3) is 5.56 Å². The van der Waals surface area contributed by atoms with Crippen molar-refractivity contribution < 1.29 is 4.79 Å². The fraction of sp³-hybridized carbons (Fsp3) is 0.308. The van der Waals surface area contributed by atoms with Crippen molar-refractivity contribution in [3.63, 3.8) is 0 Å². The molecule has 4 rings (SSSR count). The lowest BCUT2D eigenvalue weighted by atomic mass is 9.94. The van der Waals surface area contributed by atoms with E-state index in [1.807, 2.05) is 24.3 Å². The first-order valence-corrected chi connectivity index (χ1v) is 11.3. The highest BCUT2D eigenvalue weighted by Gasteiger charge is 2.21. The molecule has 3 aromatic rings. The summed E-state index contributed by atoms with van der Waals surface area (Å²) in [5, 5.41) is 9.31. The number of carbonyl (C=O) groups excluding carboxylic acids is 1. The lowest BCUT2D eigenvalue weighted by Crippen LogP contribution is -2.49. The third-order valence-electron chi connectivity index (χ3n) is 6.41. The van der Waals surface area contributed by atoms with Gasteiger partial charge in [-0.2, -0.15) is 5.26 Å². The van der Waals surface area contributed by atoms with E-state index in [0.717, 1.165) is 29.8 Å². The van der Waals surface area contributed by atoms with Crippen molar-refractivity contribution >= 4 is 11.6 Å². The Bertz CT molecular complexity index is 1360. The summed E-state index contributed by atoms with van der Waals surface area (Å²) in [5.74, 6) is 0.555. The maximum Gasteiger partial charge on any atom is 0.332 e. The van der Waals surface area contributed by atoms with Gasteiger partial charge in [0, 0.05) is 64.0 Å². The quantitative estimate of drug-likeness (QED) is 0.522. The summed E-state index contributed by atoms with van der Waals surface area (Å²) in [6.07, 6.45) is 0.685. The molecule has 8 heteroatoms. The molecular weight excluding hydrogens is 430 g/mol. The minimum absolute atomic E-state index is 0.0795. The van der Waals surface area contributed by atoms with Crippen LogP contribution in [0.5, 0.6) is 0 Å². The molecular formula is C26H27N5O3. The van der Waals surface area contributed by atoms with E-state index in [2.05, 4.69) is 15.9 Å². The molecule has 0 saturated carbocycles. The molecule has 1 fully saturated rings. The molecule has 1 saturated heterocycles. The lowest BCUT2D eigenvalue weighted by molar-refractivity contribution is 0.103. The standard InChI is InChI=1S/C26H27N5O3/c1-28-23(17-24(32)29(2)26(28)34)31-14-12-30(13-15-31)11-10-20-9-8-19(18-27)16-22(20)25(33)21-6-4-3-5-7-21/h3-9,16-17H,10-15H2,1-2H3. The summed E-state index contributed by atoms with van der Waals surface area (Å²) >= 11 is 0. The average molecular weight is 458 g/mol. The molecule has 2 heterocycles. The van der Waals surface area contributed by atoms with Gasteiger partial charge in [-0.3, -0.25) is 23.6 Å². The smallest absolute Gasteiger partial charge is 0.332 e. The molecule has 1 aromatic heterocycles. The highest BCUT2D eigenvalue weighted by atomic mass is 16.2. The van der Waals surface area contributed by atoms with Crippen LogP contribution in [0.1, 0.15) is 27.0 Å². The van der Waals surface area contributed by atoms with Crippen molar-refractivity contribution in [3.8, 4) is 6.07 Å². The fourth-order valence-electron chi connectivity index (χ4n) is 4.32. The van der Waals surface area contributed by atoms with Crippen LogP contribution in [0.3, 0.4) is 0 Å². The minimum Gasteiger partial charge on any atom is -0.355 e. The molecule has 1 aliphatic rings. The van der Waals surface area contributed by atoms with Crippen molar-refractivity contribution in [3.05, 3.63) is 97.7 Å². The van der Waals surface area contributed by atoms with E-state index in [1.165, 1.54) is 17.7 Å². The van der Waals surface area contributed by atoms with Crippen LogP contribution >= 0.6 is 0 Å². The Balaban J connectivity index is 1.45. The van der Waals surface area contributed by atoms with Crippen LogP contribution in [0.2, 0.25) is 0 Å². The molecule has 34 heavy (non-hydrogen) atoms. The molecule has 0 aliphatic carbocycles. The van der Waals surface area contributed by atoms with E-state index in [4.69, 9.17) is 0 Å². The summed E-state index contributed by atoms with van der Waals surface area (Å²) in [4.78, 5) is 41.8. The zero-order valence-corrected chi connectivity index (χ0v) is 19.4. The number of nitrogens with zero attached hydrogens (tertiary/aromatic N) is 5. The van der Waals surface area contributed by atoms with Crippen molar-refractivity contribution in [2.75, 3.05) is 37.6 Å². The Morgan fingerprint density at radius 3 is 2.32 bits per heavy atom. The number of anilines is 1. The normalized spacial score (nSPS) is 14.1. The molecule has 0 atom stereocenters. The number of ketones is 1. The van der Waals surface area contributed by atoms with Gasteiger partial charge in [-0.25, -0.2) is 4.79 Å². The van der Waals surface area contributed by atoms with Gasteiger partial charge in [0.15, 0.2) is 5.78 Å². The SMILES string of the molecule is Cn1c(N2CCN(CCc3ccc(C#N)cc3C(=O)c3ccccc3)CC2)cc(=O)n(C)c1=O. The molecule has 1 aliphatic heterocycles. The van der Waals surface area contributed by atoms with Crippen molar-refractivity contribution in [2.24, 2.45) is 14.1 Å². The second-order valence-corrected chi connectivity index (χ2v) is 8.50. The summed E-state index contributed by atoms with van der Waals surface area (Å²) in [6, 6.07) is 18.1. The number of carbonyl (C=O) groups is 1. The predicted octanol–water partition coefficient (Wildman–Crippen LogP) is 1.55. The Kier molecular flexibility index (Phi) is 6.75. The Morgan fingerprint density at radius 1 is 0.941 bits per heavy atom. The topological polar surface area (TPSA) is 91.3 Å². The molecule has 0 unspecified atom stereocenters. The Morgan fingerprint density at radius 2 is 1.65 bits per heavy atom. The van der Waals surface area contributed by atoms with Gasteiger partial charge in [0.2, 0.25) is 0 Å². The first kappa shape index (κ1) is 23.2. The van der Waals surface area contributed by atoms with Crippen LogP contribution in [0.4, 0.5) is 5.82 Å². The van der Waals surface area contributed by atoms with E-state index in [0.29, 0.717) is 42.0 Å². The van der Waals surface area contributed by atoms with Gasteiger partial charge < -0.3 is 4.90 Å². The maximum atomic E-state index is 13.1. The minimum atomic E-state index is -0.332. The van der Waals surface area contributed by atoms with Crippen LogP contribution in [0.25, 0.3) is 0 Å². The molecule has 174 valence electrons. The van der Waals surface area contributed by atoms with Gasteiger partial charge >= 0.3 is 5.69 Å². The summed E-state index contributed by atoms with van der Waals surface area (Å²) in [7, 11) is 3.16. The zero-order chi connectivity index (χ0) is 24.2. The molecule has 0 radical (unpaired) electrons. The van der Waals surface area contributed by atoms with Crippen LogP contribution in [0.15, 0.2) is 64.2 Å². The van der Waals surface area contributed by atoms with Gasteiger partial charge in [-0.15, -0.1) is 0 Å². The van der Waals surface area contributed by atoms with Gasteiger partial charge in [-0.1, -0.05) is 36.4 Å². The highest BCUT2D eigenvalue weighted by Crippen LogP contribution is 2.19. The zero-order valence-electron chi connectivity index (χ0n) is 19.4. The summed E-state index contributed by atoms with van der Waals surface area (Å²) < 4.78 is 2.61. The average Bonchev–Trinajstić information content (AvgIpc) is 2.88. The van der Waals surface area contributed by atoms with Crippen LogP contribution in [-0.4, -0.2) is 52.5 Å². The maximum absolute atomic E-state index is 13.1. The Labute approximate surface area is 197 Å².